The molecule has 0 bridgehead atoms. The van der Waals surface area contributed by atoms with Crippen LogP contribution in [0.4, 0.5) is 24.0 Å². The number of para-hydroxylation sites is 1. The van der Waals surface area contributed by atoms with E-state index in [9.17, 15) is 18.0 Å². The summed E-state index contributed by atoms with van der Waals surface area (Å²) in [5, 5.41) is 8.88. The molecule has 0 saturated heterocycles. The van der Waals surface area contributed by atoms with Gasteiger partial charge >= 0.3 is 12.1 Å². The van der Waals surface area contributed by atoms with E-state index in [1.165, 1.54) is 0 Å². The van der Waals surface area contributed by atoms with E-state index in [1.54, 1.807) is 29.6 Å². The Hall–Kier alpha value is -2.16. The average molecular weight is 288 g/mol. The molecular weight excluding hydrogens is 281 g/mol. The zero-order valence-corrected chi connectivity index (χ0v) is 10.0. The number of aromatic nitrogens is 2. The number of hydrogen-bond acceptors (Lipinski definition) is 5. The van der Waals surface area contributed by atoms with Crippen molar-refractivity contribution < 1.29 is 18.0 Å². The molecular formula is C10H7F3N4OS. The number of nitrogen functional groups attached to an aromatic ring is 1. The standard InChI is InChI=1S/C10H7F3N4OS/c11-10(12,13)8(18)15-9-17-16-7(19-9)5-3-1-2-4-6(5)14/h1-4H,14H2,(H,15,17,18). The van der Waals surface area contributed by atoms with Gasteiger partial charge in [0.05, 0.1) is 0 Å². The van der Waals surface area contributed by atoms with Crippen LogP contribution >= 0.6 is 11.3 Å². The van der Waals surface area contributed by atoms with Crippen molar-refractivity contribution in [2.75, 3.05) is 11.1 Å². The first-order valence-electron chi connectivity index (χ1n) is 4.94. The summed E-state index contributed by atoms with van der Waals surface area (Å²) in [5.41, 5.74) is 6.68. The van der Waals surface area contributed by atoms with Crippen molar-refractivity contribution in [2.45, 2.75) is 6.18 Å². The summed E-state index contributed by atoms with van der Waals surface area (Å²) in [4.78, 5) is 10.7. The molecule has 0 unspecified atom stereocenters. The molecule has 1 amide bonds. The lowest BCUT2D eigenvalue weighted by Gasteiger charge is -2.03. The normalized spacial score (nSPS) is 11.3. The van der Waals surface area contributed by atoms with Crippen LogP contribution < -0.4 is 11.1 Å². The molecule has 0 fully saturated rings. The molecule has 0 spiro atoms. The first kappa shape index (κ1) is 13.3. The van der Waals surface area contributed by atoms with Crippen LogP contribution in [0.15, 0.2) is 24.3 Å². The first-order chi connectivity index (χ1) is 8.88. The fraction of sp³-hybridized carbons (Fsp3) is 0.100. The SMILES string of the molecule is Nc1ccccc1-c1nnc(NC(=O)C(F)(F)F)s1. The number of nitrogens with one attached hydrogen (secondary N) is 1. The lowest BCUT2D eigenvalue weighted by molar-refractivity contribution is -0.167. The van der Waals surface area contributed by atoms with Gasteiger partial charge in [-0.05, 0) is 12.1 Å². The quantitative estimate of drug-likeness (QED) is 0.831. The molecule has 2 rings (SSSR count). The molecule has 1 aromatic heterocycles. The molecule has 1 aromatic carbocycles. The Balaban J connectivity index is 2.21. The summed E-state index contributed by atoms with van der Waals surface area (Å²) < 4.78 is 36.2. The maximum Gasteiger partial charge on any atom is 0.471 e. The third kappa shape index (κ3) is 2.99. The van der Waals surface area contributed by atoms with Gasteiger partial charge in [-0.15, -0.1) is 10.2 Å². The van der Waals surface area contributed by atoms with Gasteiger partial charge in [-0.1, -0.05) is 23.5 Å². The summed E-state index contributed by atoms with van der Waals surface area (Å²) in [7, 11) is 0. The van der Waals surface area contributed by atoms with Gasteiger partial charge in [0.15, 0.2) is 5.01 Å². The lowest BCUT2D eigenvalue weighted by Crippen LogP contribution is -2.29. The summed E-state index contributed by atoms with van der Waals surface area (Å²) >= 11 is 0.810. The van der Waals surface area contributed by atoms with E-state index in [4.69, 9.17) is 5.73 Å². The molecule has 3 N–H and O–H groups in total. The van der Waals surface area contributed by atoms with Crippen molar-refractivity contribution in [1.29, 1.82) is 0 Å². The van der Waals surface area contributed by atoms with E-state index >= 15 is 0 Å². The molecule has 0 aliphatic heterocycles. The smallest absolute Gasteiger partial charge is 0.398 e. The molecule has 5 nitrogen and oxygen atoms in total. The predicted octanol–water partition coefficient (Wildman–Crippen LogP) is 2.29. The van der Waals surface area contributed by atoms with Gasteiger partial charge in [-0.25, -0.2) is 0 Å². The third-order valence-corrected chi connectivity index (χ3v) is 2.97. The topological polar surface area (TPSA) is 80.9 Å². The van der Waals surface area contributed by atoms with Crippen LogP contribution in [0.5, 0.6) is 0 Å². The number of nitrogens with zero attached hydrogens (tertiary/aromatic N) is 2. The van der Waals surface area contributed by atoms with Crippen molar-refractivity contribution in [3.63, 3.8) is 0 Å². The Bertz CT molecular complexity index is 611. The Kier molecular flexibility index (Phi) is 3.38. The van der Waals surface area contributed by atoms with Crippen molar-refractivity contribution in [3.8, 4) is 10.6 Å². The zero-order valence-electron chi connectivity index (χ0n) is 9.23. The Morgan fingerprint density at radius 1 is 1.26 bits per heavy atom. The van der Waals surface area contributed by atoms with Gasteiger partial charge in [-0.3, -0.25) is 10.1 Å². The lowest BCUT2D eigenvalue weighted by atomic mass is 10.2. The van der Waals surface area contributed by atoms with E-state index in [0.717, 1.165) is 11.3 Å². The molecule has 9 heteroatoms. The van der Waals surface area contributed by atoms with Crippen LogP contribution in [0.25, 0.3) is 10.6 Å². The monoisotopic (exact) mass is 288 g/mol. The van der Waals surface area contributed by atoms with Crippen LogP contribution in [0.1, 0.15) is 0 Å². The maximum atomic E-state index is 12.1. The molecule has 0 saturated carbocycles. The minimum atomic E-state index is -4.96. The first-order valence-corrected chi connectivity index (χ1v) is 5.76. The fourth-order valence-electron chi connectivity index (χ4n) is 1.24. The van der Waals surface area contributed by atoms with Gasteiger partial charge in [0.2, 0.25) is 5.13 Å². The van der Waals surface area contributed by atoms with E-state index < -0.39 is 12.1 Å². The van der Waals surface area contributed by atoms with Gasteiger partial charge < -0.3 is 5.73 Å². The second-order valence-electron chi connectivity index (χ2n) is 3.45. The second kappa shape index (κ2) is 4.84. The molecule has 0 radical (unpaired) electrons. The van der Waals surface area contributed by atoms with Crippen molar-refractivity contribution in [3.05, 3.63) is 24.3 Å². The Labute approximate surface area is 109 Å². The Morgan fingerprint density at radius 3 is 2.58 bits per heavy atom. The molecule has 0 atom stereocenters. The van der Waals surface area contributed by atoms with Crippen molar-refractivity contribution in [2.24, 2.45) is 0 Å². The summed E-state index contributed by atoms with van der Waals surface area (Å²) in [6, 6.07) is 6.71. The average Bonchev–Trinajstić information content (AvgIpc) is 2.76. The number of anilines is 2. The highest BCUT2D eigenvalue weighted by Gasteiger charge is 2.39. The van der Waals surface area contributed by atoms with Gasteiger partial charge in [0, 0.05) is 11.3 Å². The van der Waals surface area contributed by atoms with E-state index in [1.807, 2.05) is 0 Å². The maximum absolute atomic E-state index is 12.1. The zero-order chi connectivity index (χ0) is 14.0. The molecule has 2 aromatic rings. The molecule has 0 aliphatic rings. The van der Waals surface area contributed by atoms with Crippen LogP contribution in [0.2, 0.25) is 0 Å². The van der Waals surface area contributed by atoms with Crippen molar-refractivity contribution >= 4 is 28.1 Å². The summed E-state index contributed by atoms with van der Waals surface area (Å²) in [5.74, 6) is -2.09. The van der Waals surface area contributed by atoms with Crippen LogP contribution in [-0.2, 0) is 4.79 Å². The molecule has 100 valence electrons. The fourth-order valence-corrected chi connectivity index (χ4v) is 2.03. The predicted molar refractivity (Wildman–Crippen MR) is 64.4 cm³/mol. The van der Waals surface area contributed by atoms with E-state index in [0.29, 0.717) is 16.3 Å². The largest absolute Gasteiger partial charge is 0.471 e. The van der Waals surface area contributed by atoms with Crippen molar-refractivity contribution in [1.82, 2.24) is 10.2 Å². The van der Waals surface area contributed by atoms with E-state index in [2.05, 4.69) is 10.2 Å². The molecule has 19 heavy (non-hydrogen) atoms. The Morgan fingerprint density at radius 2 is 1.95 bits per heavy atom. The number of alkyl halides is 3. The van der Waals surface area contributed by atoms with E-state index in [-0.39, 0.29) is 5.13 Å². The molecule has 1 heterocycles. The highest BCUT2D eigenvalue weighted by Crippen LogP contribution is 2.30. The molecule has 0 aliphatic carbocycles. The number of carbonyl (C=O) groups is 1. The minimum Gasteiger partial charge on any atom is -0.398 e. The number of rotatable bonds is 2. The number of hydrogen-bond donors (Lipinski definition) is 2. The van der Waals surface area contributed by atoms with Crippen LogP contribution in [0, 0.1) is 0 Å². The summed E-state index contributed by atoms with van der Waals surface area (Å²) in [6.45, 7) is 0. The number of nitrogens with two attached hydrogens (primary N) is 1. The number of benzene rings is 1. The minimum absolute atomic E-state index is 0.236. The van der Waals surface area contributed by atoms with Crippen LogP contribution in [0.3, 0.4) is 0 Å². The van der Waals surface area contributed by atoms with Gasteiger partial charge in [0.25, 0.3) is 0 Å². The van der Waals surface area contributed by atoms with Crippen LogP contribution in [-0.4, -0.2) is 22.3 Å². The van der Waals surface area contributed by atoms with Gasteiger partial charge in [0.1, 0.15) is 0 Å². The van der Waals surface area contributed by atoms with Gasteiger partial charge in [-0.2, -0.15) is 13.2 Å². The second-order valence-corrected chi connectivity index (χ2v) is 4.43. The highest BCUT2D eigenvalue weighted by atomic mass is 32.1. The third-order valence-electron chi connectivity index (χ3n) is 2.09. The summed E-state index contributed by atoms with van der Waals surface area (Å²) in [6.07, 6.45) is -4.96. The number of amides is 1. The number of carbonyl (C=O) groups excluding carboxylic acids is 1. The highest BCUT2D eigenvalue weighted by molar-refractivity contribution is 7.18. The number of halogens is 3.